The Morgan fingerprint density at radius 2 is 2.50 bits per heavy atom. The Labute approximate surface area is 47.9 Å². The fraction of sp³-hybridized carbons (Fsp3) is 0.600. The molecule has 3 heteroatoms. The first kappa shape index (κ1) is 6.96. The first-order valence-corrected chi connectivity index (χ1v) is 2.33. The second-order valence-corrected chi connectivity index (χ2v) is 1.14. The van der Waals surface area contributed by atoms with Crippen molar-refractivity contribution in [2.24, 2.45) is 0 Å². The zero-order chi connectivity index (χ0) is 6.41. The number of hydrogen-bond donors (Lipinski definition) is 0. The van der Waals surface area contributed by atoms with Crippen LogP contribution in [0.4, 0.5) is 0 Å². The summed E-state index contributed by atoms with van der Waals surface area (Å²) >= 11 is 0. The summed E-state index contributed by atoms with van der Waals surface area (Å²) in [6.45, 7) is 2.05. The van der Waals surface area contributed by atoms with E-state index < -0.39 is 5.97 Å². The van der Waals surface area contributed by atoms with Crippen molar-refractivity contribution in [3.05, 3.63) is 0 Å². The molecular weight excluding hydrogens is 108 g/mol. The maximum Gasteiger partial charge on any atom is 0.320 e. The Hall–Kier alpha value is -1.04. The second-order valence-electron chi connectivity index (χ2n) is 1.14. The van der Waals surface area contributed by atoms with Crippen molar-refractivity contribution in [1.82, 2.24) is 0 Å². The van der Waals surface area contributed by atoms with E-state index in [9.17, 15) is 4.79 Å². The van der Waals surface area contributed by atoms with Gasteiger partial charge in [-0.25, -0.2) is 0 Å². The van der Waals surface area contributed by atoms with Crippen molar-refractivity contribution in [3.8, 4) is 6.07 Å². The molecule has 0 aromatic carbocycles. The van der Waals surface area contributed by atoms with E-state index in [0.29, 0.717) is 6.61 Å². The van der Waals surface area contributed by atoms with Crippen molar-refractivity contribution in [2.75, 3.05) is 6.61 Å². The molecule has 0 fully saturated rings. The van der Waals surface area contributed by atoms with Gasteiger partial charge < -0.3 is 4.74 Å². The van der Waals surface area contributed by atoms with Gasteiger partial charge in [0, 0.05) is 0 Å². The van der Waals surface area contributed by atoms with Crippen LogP contribution in [0.2, 0.25) is 0 Å². The van der Waals surface area contributed by atoms with Gasteiger partial charge in [-0.05, 0) is 6.92 Å². The summed E-state index contributed by atoms with van der Waals surface area (Å²) in [6, 6.07) is 1.68. The highest BCUT2D eigenvalue weighted by molar-refractivity contribution is 5.71. The maximum absolute atomic E-state index is 10.2. The number of carbonyl (C=O) groups excluding carboxylic acids is 1. The van der Waals surface area contributed by atoms with Crippen LogP contribution in [0.25, 0.3) is 0 Å². The maximum atomic E-state index is 10.2. The molecule has 0 amide bonds. The Morgan fingerprint density at radius 3 is 2.88 bits per heavy atom. The van der Waals surface area contributed by atoms with Gasteiger partial charge in [-0.15, -0.1) is 0 Å². The first-order valence-electron chi connectivity index (χ1n) is 2.33. The van der Waals surface area contributed by atoms with Gasteiger partial charge in [-0.2, -0.15) is 5.26 Å². The molecule has 0 rings (SSSR count). The summed E-state index contributed by atoms with van der Waals surface area (Å²) in [5.74, 6) is -0.449. The highest BCUT2D eigenvalue weighted by Crippen LogP contribution is 1.81. The molecule has 44 valence electrons. The molecule has 0 radical (unpaired) electrons. The third kappa shape index (κ3) is 3.16. The highest BCUT2D eigenvalue weighted by atomic mass is 16.6. The van der Waals surface area contributed by atoms with E-state index in [0.717, 1.165) is 0 Å². The van der Waals surface area contributed by atoms with Gasteiger partial charge in [0.15, 0.2) is 0 Å². The lowest BCUT2D eigenvalue weighted by atomic mass is 10.9. The van der Waals surface area contributed by atoms with Crippen LogP contribution in [0.5, 0.6) is 0 Å². The number of carbonyl (C=O) groups is 1. The molecule has 0 saturated carbocycles. The molecular formula is C5H7NO2. The topological polar surface area (TPSA) is 50.1 Å². The third-order valence-electron chi connectivity index (χ3n) is 0.529. The quantitative estimate of drug-likeness (QED) is 0.388. The van der Waals surface area contributed by atoms with Gasteiger partial charge in [0.1, 0.15) is 6.42 Å². The minimum absolute atomic E-state index is 0.145. The lowest BCUT2D eigenvalue weighted by molar-refractivity contribution is -0.141. The summed E-state index contributed by atoms with van der Waals surface area (Å²) in [4.78, 5) is 10.2. The minimum atomic E-state index is -0.449. The number of nitrogens with zero attached hydrogens (tertiary/aromatic N) is 1. The van der Waals surface area contributed by atoms with E-state index in [-0.39, 0.29) is 6.42 Å². The van der Waals surface area contributed by atoms with Crippen LogP contribution in [0.15, 0.2) is 0 Å². The summed E-state index contributed by atoms with van der Waals surface area (Å²) in [5.41, 5.74) is 0. The molecule has 0 saturated heterocycles. The van der Waals surface area contributed by atoms with Gasteiger partial charge in [0.25, 0.3) is 0 Å². The Morgan fingerprint density at radius 1 is 1.88 bits per heavy atom. The van der Waals surface area contributed by atoms with Gasteiger partial charge in [-0.3, -0.25) is 4.79 Å². The van der Waals surface area contributed by atoms with Crippen molar-refractivity contribution in [1.29, 1.82) is 5.26 Å². The smallest absolute Gasteiger partial charge is 0.320 e. The van der Waals surface area contributed by atoms with Crippen molar-refractivity contribution < 1.29 is 9.53 Å². The van der Waals surface area contributed by atoms with Crippen LogP contribution in [0.3, 0.4) is 0 Å². The Balaban J connectivity index is 3.23. The number of esters is 1. The molecule has 0 aromatic heterocycles. The van der Waals surface area contributed by atoms with Crippen LogP contribution in [-0.4, -0.2) is 12.6 Å². The zero-order valence-corrected chi connectivity index (χ0v) is 4.68. The Bertz CT molecular complexity index is 114. The van der Waals surface area contributed by atoms with Gasteiger partial charge in [0.2, 0.25) is 0 Å². The predicted octanol–water partition coefficient (Wildman–Crippen LogP) is 0.463. The Kier molecular flexibility index (Phi) is 3.59. The van der Waals surface area contributed by atoms with Crippen LogP contribution in [0, 0.1) is 11.3 Å². The fourth-order valence-corrected chi connectivity index (χ4v) is 0.277. The van der Waals surface area contributed by atoms with E-state index in [1.165, 1.54) is 0 Å². The molecule has 0 aliphatic rings. The minimum Gasteiger partial charge on any atom is -0.465 e. The average molecular weight is 115 g/mol. The largest absolute Gasteiger partial charge is 0.465 e. The summed E-state index contributed by atoms with van der Waals surface area (Å²) < 4.78 is 4.42. The van der Waals surface area contributed by atoms with Crippen molar-refractivity contribution in [2.45, 2.75) is 13.3 Å². The standard InChI is InChI=1S/C5H7NO2/c1-2-8-5(7)3-4-6/h2-3H2,1H3/i4+1,5+1. The number of hydrogen-bond acceptors (Lipinski definition) is 3. The molecule has 0 aliphatic carbocycles. The SMILES string of the molecule is CCO[13C](=O)C[13C]#N. The monoisotopic (exact) mass is 115 g/mol. The molecule has 0 atom stereocenters. The molecule has 0 bridgehead atoms. The van der Waals surface area contributed by atoms with Crippen molar-refractivity contribution >= 4 is 5.97 Å². The van der Waals surface area contributed by atoms with Crippen molar-refractivity contribution in [3.63, 3.8) is 0 Å². The normalized spacial score (nSPS) is 7.50. The average Bonchev–Trinajstić information content (AvgIpc) is 1.68. The zero-order valence-electron chi connectivity index (χ0n) is 4.68. The third-order valence-corrected chi connectivity index (χ3v) is 0.529. The van der Waals surface area contributed by atoms with Crippen LogP contribution in [-0.2, 0) is 9.53 Å². The predicted molar refractivity (Wildman–Crippen MR) is 26.9 cm³/mol. The molecule has 0 spiro atoms. The fourth-order valence-electron chi connectivity index (χ4n) is 0.277. The molecule has 0 aliphatic heterocycles. The van der Waals surface area contributed by atoms with Crippen LogP contribution in [0.1, 0.15) is 13.3 Å². The number of nitriles is 1. The number of rotatable bonds is 2. The van der Waals surface area contributed by atoms with Gasteiger partial charge in [0.05, 0.1) is 12.7 Å². The summed E-state index contributed by atoms with van der Waals surface area (Å²) in [6.07, 6.45) is -0.145. The summed E-state index contributed by atoms with van der Waals surface area (Å²) in [5, 5.41) is 7.91. The summed E-state index contributed by atoms with van der Waals surface area (Å²) in [7, 11) is 0. The second kappa shape index (κ2) is 4.13. The van der Waals surface area contributed by atoms with E-state index in [4.69, 9.17) is 5.26 Å². The van der Waals surface area contributed by atoms with Crippen LogP contribution < -0.4 is 0 Å². The van der Waals surface area contributed by atoms with Gasteiger partial charge in [-0.1, -0.05) is 0 Å². The number of ether oxygens (including phenoxy) is 1. The lowest BCUT2D eigenvalue weighted by Crippen LogP contribution is -2.01. The van der Waals surface area contributed by atoms with Crippen LogP contribution >= 0.6 is 0 Å². The molecule has 8 heavy (non-hydrogen) atoms. The molecule has 0 aromatic rings. The van der Waals surface area contributed by atoms with E-state index >= 15 is 0 Å². The van der Waals surface area contributed by atoms with E-state index in [1.54, 1.807) is 13.0 Å². The molecule has 3 nitrogen and oxygen atoms in total. The highest BCUT2D eigenvalue weighted by Gasteiger charge is 1.95. The van der Waals surface area contributed by atoms with E-state index in [2.05, 4.69) is 4.74 Å². The van der Waals surface area contributed by atoms with E-state index in [1.807, 2.05) is 0 Å². The molecule has 0 heterocycles. The molecule has 0 unspecified atom stereocenters. The molecule has 0 N–H and O–H groups in total. The first-order chi connectivity index (χ1) is 3.81. The van der Waals surface area contributed by atoms with Gasteiger partial charge >= 0.3 is 5.97 Å². The lowest BCUT2D eigenvalue weighted by Gasteiger charge is -1.92.